The van der Waals surface area contributed by atoms with Crippen molar-refractivity contribution in [1.29, 1.82) is 0 Å². The lowest BCUT2D eigenvalue weighted by atomic mass is 10.0. The molecular weight excluding hydrogens is 194 g/mol. The van der Waals surface area contributed by atoms with Gasteiger partial charge in [0.2, 0.25) is 0 Å². The first-order chi connectivity index (χ1) is 7.11. The Morgan fingerprint density at radius 1 is 1.27 bits per heavy atom. The molecule has 1 atom stereocenters. The summed E-state index contributed by atoms with van der Waals surface area (Å²) >= 11 is 0. The highest BCUT2D eigenvalue weighted by Gasteiger charge is 2.31. The molecular formula is C11H23NO3. The molecule has 90 valence electrons. The molecule has 0 aromatic heterocycles. The predicted octanol–water partition coefficient (Wildman–Crippen LogP) is 0.888. The van der Waals surface area contributed by atoms with Gasteiger partial charge >= 0.3 is 0 Å². The van der Waals surface area contributed by atoms with Crippen molar-refractivity contribution in [2.24, 2.45) is 0 Å². The SMILES string of the molecule is COC(OC)C(C)NCC1(O)CCCC1. The van der Waals surface area contributed by atoms with Crippen LogP contribution in [0.15, 0.2) is 0 Å². The minimum absolute atomic E-state index is 0.0876. The number of aliphatic hydroxyl groups is 1. The topological polar surface area (TPSA) is 50.7 Å². The molecule has 4 heteroatoms. The zero-order valence-corrected chi connectivity index (χ0v) is 9.95. The second kappa shape index (κ2) is 5.80. The van der Waals surface area contributed by atoms with E-state index in [1.807, 2.05) is 6.92 Å². The summed E-state index contributed by atoms with van der Waals surface area (Å²) in [5.41, 5.74) is -0.514. The summed E-state index contributed by atoms with van der Waals surface area (Å²) in [5.74, 6) is 0. The fraction of sp³-hybridized carbons (Fsp3) is 1.00. The third kappa shape index (κ3) is 3.72. The van der Waals surface area contributed by atoms with Gasteiger partial charge in [-0.15, -0.1) is 0 Å². The van der Waals surface area contributed by atoms with Crippen molar-refractivity contribution in [2.75, 3.05) is 20.8 Å². The summed E-state index contributed by atoms with van der Waals surface area (Å²) in [6.45, 7) is 2.62. The number of nitrogens with one attached hydrogen (secondary N) is 1. The van der Waals surface area contributed by atoms with Crippen LogP contribution in [0.3, 0.4) is 0 Å². The van der Waals surface area contributed by atoms with Gasteiger partial charge in [-0.3, -0.25) is 0 Å². The molecule has 0 aromatic carbocycles. The van der Waals surface area contributed by atoms with Crippen molar-refractivity contribution in [3.8, 4) is 0 Å². The second-order valence-electron chi connectivity index (χ2n) is 4.44. The fourth-order valence-electron chi connectivity index (χ4n) is 2.16. The normalized spacial score (nSPS) is 22.2. The van der Waals surface area contributed by atoms with Gasteiger partial charge in [0.05, 0.1) is 11.6 Å². The molecule has 0 spiro atoms. The van der Waals surface area contributed by atoms with E-state index in [9.17, 15) is 5.11 Å². The Morgan fingerprint density at radius 2 is 1.80 bits per heavy atom. The van der Waals surface area contributed by atoms with Crippen LogP contribution in [-0.4, -0.2) is 43.8 Å². The van der Waals surface area contributed by atoms with Gasteiger partial charge in [0.1, 0.15) is 0 Å². The van der Waals surface area contributed by atoms with Crippen LogP contribution in [-0.2, 0) is 9.47 Å². The van der Waals surface area contributed by atoms with Crippen LogP contribution in [0.1, 0.15) is 32.6 Å². The molecule has 0 saturated heterocycles. The van der Waals surface area contributed by atoms with Gasteiger partial charge in [-0.1, -0.05) is 12.8 Å². The van der Waals surface area contributed by atoms with Crippen LogP contribution in [0.5, 0.6) is 0 Å². The summed E-state index contributed by atoms with van der Waals surface area (Å²) in [6.07, 6.45) is 3.80. The van der Waals surface area contributed by atoms with E-state index in [0.717, 1.165) is 25.7 Å². The van der Waals surface area contributed by atoms with Gasteiger partial charge in [-0.25, -0.2) is 0 Å². The van der Waals surface area contributed by atoms with Crippen LogP contribution in [0.4, 0.5) is 0 Å². The molecule has 0 radical (unpaired) electrons. The summed E-state index contributed by atoms with van der Waals surface area (Å²) in [5, 5.41) is 13.4. The van der Waals surface area contributed by atoms with E-state index in [2.05, 4.69) is 5.32 Å². The summed E-state index contributed by atoms with van der Waals surface area (Å²) in [6, 6.07) is 0.0876. The van der Waals surface area contributed by atoms with E-state index < -0.39 is 5.60 Å². The van der Waals surface area contributed by atoms with Crippen molar-refractivity contribution in [1.82, 2.24) is 5.32 Å². The summed E-state index contributed by atoms with van der Waals surface area (Å²) in [7, 11) is 3.24. The standard InChI is InChI=1S/C11H23NO3/c1-9(10(14-2)15-3)12-8-11(13)6-4-5-7-11/h9-10,12-13H,4-8H2,1-3H3. The Labute approximate surface area is 92.0 Å². The van der Waals surface area contributed by atoms with Crippen LogP contribution in [0, 0.1) is 0 Å². The Hall–Kier alpha value is -0.160. The molecule has 1 saturated carbocycles. The average Bonchev–Trinajstić information content (AvgIpc) is 2.65. The third-order valence-electron chi connectivity index (χ3n) is 3.16. The van der Waals surface area contributed by atoms with E-state index in [-0.39, 0.29) is 12.3 Å². The number of hydrogen-bond acceptors (Lipinski definition) is 4. The van der Waals surface area contributed by atoms with Gasteiger partial charge in [0.15, 0.2) is 6.29 Å². The maximum Gasteiger partial charge on any atom is 0.171 e. The molecule has 0 bridgehead atoms. The van der Waals surface area contributed by atoms with E-state index in [4.69, 9.17) is 9.47 Å². The third-order valence-corrected chi connectivity index (χ3v) is 3.16. The highest BCUT2D eigenvalue weighted by Crippen LogP contribution is 2.28. The lowest BCUT2D eigenvalue weighted by Crippen LogP contribution is -2.47. The molecule has 0 aromatic rings. The van der Waals surface area contributed by atoms with Crippen LogP contribution in [0.2, 0.25) is 0 Å². The predicted molar refractivity (Wildman–Crippen MR) is 58.7 cm³/mol. The van der Waals surface area contributed by atoms with E-state index in [1.165, 1.54) is 0 Å². The Kier molecular flexibility index (Phi) is 4.99. The Morgan fingerprint density at radius 3 is 2.27 bits per heavy atom. The minimum Gasteiger partial charge on any atom is -0.389 e. The summed E-state index contributed by atoms with van der Waals surface area (Å²) < 4.78 is 10.3. The minimum atomic E-state index is -0.514. The van der Waals surface area contributed by atoms with Crippen molar-refractivity contribution in [3.63, 3.8) is 0 Å². The molecule has 4 nitrogen and oxygen atoms in total. The molecule has 0 aliphatic heterocycles. The van der Waals surface area contributed by atoms with Crippen molar-refractivity contribution in [3.05, 3.63) is 0 Å². The van der Waals surface area contributed by atoms with Crippen molar-refractivity contribution < 1.29 is 14.6 Å². The number of methoxy groups -OCH3 is 2. The first-order valence-electron chi connectivity index (χ1n) is 5.63. The van der Waals surface area contributed by atoms with Crippen LogP contribution in [0.25, 0.3) is 0 Å². The van der Waals surface area contributed by atoms with Gasteiger partial charge < -0.3 is 19.9 Å². The van der Waals surface area contributed by atoms with Crippen molar-refractivity contribution >= 4 is 0 Å². The monoisotopic (exact) mass is 217 g/mol. The van der Waals surface area contributed by atoms with Crippen molar-refractivity contribution in [2.45, 2.75) is 50.5 Å². The molecule has 1 rings (SSSR count). The lowest BCUT2D eigenvalue weighted by molar-refractivity contribution is -0.121. The zero-order valence-electron chi connectivity index (χ0n) is 9.95. The van der Waals surface area contributed by atoms with E-state index in [1.54, 1.807) is 14.2 Å². The average molecular weight is 217 g/mol. The first kappa shape index (κ1) is 12.9. The van der Waals surface area contributed by atoms with Gasteiger partial charge in [0.25, 0.3) is 0 Å². The highest BCUT2D eigenvalue weighted by molar-refractivity contribution is 4.87. The molecule has 0 amide bonds. The van der Waals surface area contributed by atoms with E-state index in [0.29, 0.717) is 6.54 Å². The zero-order chi connectivity index (χ0) is 11.3. The highest BCUT2D eigenvalue weighted by atomic mass is 16.7. The quantitative estimate of drug-likeness (QED) is 0.649. The van der Waals surface area contributed by atoms with Gasteiger partial charge in [-0.2, -0.15) is 0 Å². The first-order valence-corrected chi connectivity index (χ1v) is 5.63. The number of rotatable bonds is 6. The number of ether oxygens (including phenoxy) is 2. The molecule has 1 fully saturated rings. The maximum atomic E-state index is 10.1. The molecule has 0 heterocycles. The Balaban J connectivity index is 2.29. The smallest absolute Gasteiger partial charge is 0.171 e. The van der Waals surface area contributed by atoms with Crippen LogP contribution < -0.4 is 5.32 Å². The number of hydrogen-bond donors (Lipinski definition) is 2. The van der Waals surface area contributed by atoms with Gasteiger partial charge in [0, 0.05) is 20.8 Å². The summed E-state index contributed by atoms with van der Waals surface area (Å²) in [4.78, 5) is 0. The molecule has 1 aliphatic rings. The Bertz CT molecular complexity index is 177. The molecule has 1 unspecified atom stereocenters. The maximum absolute atomic E-state index is 10.1. The largest absolute Gasteiger partial charge is 0.389 e. The fourth-order valence-corrected chi connectivity index (χ4v) is 2.16. The molecule has 1 aliphatic carbocycles. The molecule has 15 heavy (non-hydrogen) atoms. The second-order valence-corrected chi connectivity index (χ2v) is 4.44. The lowest BCUT2D eigenvalue weighted by Gasteiger charge is -2.28. The van der Waals surface area contributed by atoms with Gasteiger partial charge in [-0.05, 0) is 19.8 Å². The van der Waals surface area contributed by atoms with Crippen LogP contribution >= 0.6 is 0 Å². The van der Waals surface area contributed by atoms with E-state index >= 15 is 0 Å². The molecule has 2 N–H and O–H groups in total.